The minimum absolute atomic E-state index is 0.101. The van der Waals surface area contributed by atoms with Crippen molar-refractivity contribution in [1.29, 1.82) is 0 Å². The minimum atomic E-state index is -3.25. The zero-order valence-corrected chi connectivity index (χ0v) is 12.9. The van der Waals surface area contributed by atoms with Gasteiger partial charge in [0.25, 0.3) is 0 Å². The lowest BCUT2D eigenvalue weighted by Crippen LogP contribution is -2.33. The van der Waals surface area contributed by atoms with Crippen molar-refractivity contribution in [3.63, 3.8) is 0 Å². The number of imidazole rings is 1. The van der Waals surface area contributed by atoms with Gasteiger partial charge in [0, 0.05) is 32.4 Å². The zero-order valence-electron chi connectivity index (χ0n) is 12.1. The molecule has 0 fully saturated rings. The van der Waals surface area contributed by atoms with Crippen LogP contribution < -0.4 is 10.0 Å². The van der Waals surface area contributed by atoms with E-state index >= 15 is 0 Å². The van der Waals surface area contributed by atoms with Gasteiger partial charge in [-0.3, -0.25) is 4.79 Å². The molecule has 0 aliphatic rings. The molecule has 0 bridgehead atoms. The molecule has 0 unspecified atom stereocenters. The number of aryl methyl sites for hydroxylation is 1. The summed E-state index contributed by atoms with van der Waals surface area (Å²) in [7, 11) is -1.38. The fourth-order valence-corrected chi connectivity index (χ4v) is 2.36. The second kappa shape index (κ2) is 7.39. The van der Waals surface area contributed by atoms with Crippen LogP contribution in [-0.4, -0.2) is 36.7 Å². The fourth-order valence-electron chi connectivity index (χ4n) is 1.88. The van der Waals surface area contributed by atoms with Gasteiger partial charge in [0.2, 0.25) is 15.9 Å². The van der Waals surface area contributed by atoms with Crippen LogP contribution in [0.2, 0.25) is 0 Å². The first-order valence-electron chi connectivity index (χ1n) is 6.54. The fraction of sp³-hybridized carbons (Fsp3) is 0.667. The van der Waals surface area contributed by atoms with Gasteiger partial charge >= 0.3 is 0 Å². The highest BCUT2D eigenvalue weighted by molar-refractivity contribution is 7.88. The van der Waals surface area contributed by atoms with Gasteiger partial charge in [-0.05, 0) is 6.42 Å². The number of aromatic nitrogens is 2. The van der Waals surface area contributed by atoms with Gasteiger partial charge in [0.1, 0.15) is 5.82 Å². The lowest BCUT2D eigenvalue weighted by Gasteiger charge is -2.18. The molecule has 0 spiro atoms. The predicted octanol–water partition coefficient (Wildman–Crippen LogP) is 0.317. The Morgan fingerprint density at radius 3 is 2.70 bits per heavy atom. The van der Waals surface area contributed by atoms with E-state index < -0.39 is 10.0 Å². The summed E-state index contributed by atoms with van der Waals surface area (Å²) in [5, 5.41) is 2.89. The largest absolute Gasteiger partial charge is 0.346 e. The molecule has 114 valence electrons. The average molecular weight is 302 g/mol. The molecular weight excluding hydrogens is 280 g/mol. The summed E-state index contributed by atoms with van der Waals surface area (Å²) in [6, 6.07) is -0.147. The quantitative estimate of drug-likeness (QED) is 0.723. The summed E-state index contributed by atoms with van der Waals surface area (Å²) >= 11 is 0. The van der Waals surface area contributed by atoms with Crippen LogP contribution in [0.3, 0.4) is 0 Å². The monoisotopic (exact) mass is 302 g/mol. The molecule has 7 nitrogen and oxygen atoms in total. The number of amides is 1. The molecule has 1 aromatic heterocycles. The van der Waals surface area contributed by atoms with Crippen LogP contribution in [0.4, 0.5) is 0 Å². The number of carbonyl (C=O) groups is 1. The number of sulfonamides is 1. The first-order valence-corrected chi connectivity index (χ1v) is 8.44. The summed E-state index contributed by atoms with van der Waals surface area (Å²) in [6.07, 6.45) is 6.40. The van der Waals surface area contributed by atoms with E-state index in [1.54, 1.807) is 6.20 Å². The maximum atomic E-state index is 11.8. The molecule has 0 aliphatic heterocycles. The highest BCUT2D eigenvalue weighted by atomic mass is 32.2. The van der Waals surface area contributed by atoms with Gasteiger partial charge in [0.15, 0.2) is 0 Å². The molecule has 0 radical (unpaired) electrons. The lowest BCUT2D eigenvalue weighted by atomic mass is 10.1. The summed E-state index contributed by atoms with van der Waals surface area (Å²) in [4.78, 5) is 16.1. The molecule has 1 atom stereocenters. The Kier molecular flexibility index (Phi) is 6.15. The summed E-state index contributed by atoms with van der Waals surface area (Å²) in [6.45, 7) is 2.14. The second-order valence-corrected chi connectivity index (χ2v) is 6.55. The third-order valence-corrected chi connectivity index (χ3v) is 3.53. The minimum Gasteiger partial charge on any atom is -0.346 e. The van der Waals surface area contributed by atoms with Crippen molar-refractivity contribution >= 4 is 15.9 Å². The summed E-state index contributed by atoms with van der Waals surface area (Å²) in [5.74, 6) is 0.610. The maximum Gasteiger partial charge on any atom is 0.221 e. The topological polar surface area (TPSA) is 93.1 Å². The van der Waals surface area contributed by atoms with Crippen LogP contribution in [-0.2, 0) is 21.9 Å². The molecular formula is C12H22N4O3S. The van der Waals surface area contributed by atoms with Gasteiger partial charge < -0.3 is 9.88 Å². The third-order valence-electron chi connectivity index (χ3n) is 2.80. The smallest absolute Gasteiger partial charge is 0.221 e. The Morgan fingerprint density at radius 1 is 1.50 bits per heavy atom. The predicted molar refractivity (Wildman–Crippen MR) is 76.5 cm³/mol. The molecule has 0 aromatic carbocycles. The summed E-state index contributed by atoms with van der Waals surface area (Å²) < 4.78 is 26.0. The Hall–Kier alpha value is -1.41. The van der Waals surface area contributed by atoms with Crippen LogP contribution in [0.25, 0.3) is 0 Å². The second-order valence-electron chi connectivity index (χ2n) is 4.72. The van der Waals surface area contributed by atoms with E-state index in [2.05, 4.69) is 15.0 Å². The van der Waals surface area contributed by atoms with Gasteiger partial charge in [-0.15, -0.1) is 0 Å². The molecule has 8 heteroatoms. The van der Waals surface area contributed by atoms with Gasteiger partial charge in [-0.1, -0.05) is 13.3 Å². The van der Waals surface area contributed by atoms with Crippen LogP contribution in [0.1, 0.15) is 38.1 Å². The number of nitrogens with zero attached hydrogens (tertiary/aromatic N) is 2. The van der Waals surface area contributed by atoms with Crippen LogP contribution in [0.15, 0.2) is 12.4 Å². The third kappa shape index (κ3) is 5.70. The highest BCUT2D eigenvalue weighted by Crippen LogP contribution is 2.16. The van der Waals surface area contributed by atoms with Gasteiger partial charge in [-0.25, -0.2) is 18.1 Å². The molecule has 1 rings (SSSR count). The average Bonchev–Trinajstić information content (AvgIpc) is 2.73. The van der Waals surface area contributed by atoms with Crippen LogP contribution in [0.5, 0.6) is 0 Å². The Labute approximate surface area is 119 Å². The van der Waals surface area contributed by atoms with E-state index in [0.717, 1.165) is 24.9 Å². The Balaban J connectivity index is 2.54. The van der Waals surface area contributed by atoms with Crippen molar-refractivity contribution in [2.45, 2.75) is 32.2 Å². The van der Waals surface area contributed by atoms with Crippen molar-refractivity contribution in [2.75, 3.05) is 12.8 Å². The molecule has 2 N–H and O–H groups in total. The number of hydrogen-bond donors (Lipinski definition) is 2. The SMILES string of the molecule is CCC[C@@H](NC(=O)CCNS(C)(=O)=O)c1nccn1C. The van der Waals surface area contributed by atoms with Crippen molar-refractivity contribution < 1.29 is 13.2 Å². The molecule has 0 saturated heterocycles. The zero-order chi connectivity index (χ0) is 15.2. The van der Waals surface area contributed by atoms with Crippen molar-refractivity contribution in [2.24, 2.45) is 7.05 Å². The summed E-state index contributed by atoms with van der Waals surface area (Å²) in [5.41, 5.74) is 0. The van der Waals surface area contributed by atoms with E-state index in [9.17, 15) is 13.2 Å². The van der Waals surface area contributed by atoms with Crippen LogP contribution >= 0.6 is 0 Å². The first kappa shape index (κ1) is 16.6. The van der Waals surface area contributed by atoms with E-state index in [4.69, 9.17) is 0 Å². The first-order chi connectivity index (χ1) is 9.33. The number of carbonyl (C=O) groups excluding carboxylic acids is 1. The number of nitrogens with one attached hydrogen (secondary N) is 2. The molecule has 1 heterocycles. The van der Waals surface area contributed by atoms with Crippen LogP contribution in [0, 0.1) is 0 Å². The molecule has 20 heavy (non-hydrogen) atoms. The standard InChI is InChI=1S/C12H22N4O3S/c1-4-5-10(12-13-8-9-16(12)2)15-11(17)6-7-14-20(3,18)19/h8-10,14H,4-7H2,1-3H3,(H,15,17)/t10-/m1/s1. The Bertz CT molecular complexity index is 539. The van der Waals surface area contributed by atoms with Crippen molar-refractivity contribution in [1.82, 2.24) is 19.6 Å². The van der Waals surface area contributed by atoms with Gasteiger partial charge in [-0.2, -0.15) is 0 Å². The molecule has 0 aliphatic carbocycles. The van der Waals surface area contributed by atoms with Crippen molar-refractivity contribution in [3.8, 4) is 0 Å². The van der Waals surface area contributed by atoms with E-state index in [-0.39, 0.29) is 24.9 Å². The van der Waals surface area contributed by atoms with E-state index in [0.29, 0.717) is 0 Å². The normalized spacial score (nSPS) is 13.2. The Morgan fingerprint density at radius 2 is 2.20 bits per heavy atom. The highest BCUT2D eigenvalue weighted by Gasteiger charge is 2.17. The number of rotatable bonds is 8. The lowest BCUT2D eigenvalue weighted by molar-refractivity contribution is -0.121. The number of hydrogen-bond acceptors (Lipinski definition) is 4. The maximum absolute atomic E-state index is 11.8. The molecule has 1 amide bonds. The van der Waals surface area contributed by atoms with Crippen molar-refractivity contribution in [3.05, 3.63) is 18.2 Å². The van der Waals surface area contributed by atoms with E-state index in [1.807, 2.05) is 24.7 Å². The van der Waals surface area contributed by atoms with E-state index in [1.165, 1.54) is 0 Å². The van der Waals surface area contributed by atoms with Gasteiger partial charge in [0.05, 0.1) is 12.3 Å². The molecule has 1 aromatic rings. The molecule has 0 saturated carbocycles.